The Morgan fingerprint density at radius 2 is 2.29 bits per heavy atom. The van der Waals surface area contributed by atoms with E-state index in [0.717, 1.165) is 6.42 Å². The molecule has 1 rings (SSSR count). The van der Waals surface area contributed by atoms with Gasteiger partial charge in [-0.1, -0.05) is 26.2 Å². The topological polar surface area (TPSA) is 55.9 Å². The molecule has 1 unspecified atom stereocenters. The maximum Gasteiger partial charge on any atom is 0.293 e. The summed E-state index contributed by atoms with van der Waals surface area (Å²) in [6.07, 6.45) is 8.02. The van der Waals surface area contributed by atoms with Crippen LogP contribution in [-0.2, 0) is 0 Å². The van der Waals surface area contributed by atoms with Gasteiger partial charge in [-0.3, -0.25) is 4.52 Å². The van der Waals surface area contributed by atoms with Gasteiger partial charge in [-0.25, -0.2) is 0 Å². The minimum atomic E-state index is 0.380. The molecule has 0 bridgehead atoms. The number of rotatable bonds is 6. The van der Waals surface area contributed by atoms with Crippen LogP contribution in [0.15, 0.2) is 10.7 Å². The lowest BCUT2D eigenvalue weighted by molar-refractivity contribution is -0.782. The van der Waals surface area contributed by atoms with Crippen molar-refractivity contribution in [3.05, 3.63) is 6.20 Å². The molecule has 1 heterocycles. The summed E-state index contributed by atoms with van der Waals surface area (Å²) in [7, 11) is 0. The van der Waals surface area contributed by atoms with E-state index in [-0.39, 0.29) is 0 Å². The van der Waals surface area contributed by atoms with Crippen molar-refractivity contribution in [3.8, 4) is 0 Å². The Hall–Kier alpha value is -1.06. The summed E-state index contributed by atoms with van der Waals surface area (Å²) in [5.74, 6) is 0.380. The standard InChI is InChI=1S/C10H20N3O/c1-3-4-5-6-7-9(2)13-8-10(11)14-12-13/h8-9H,3-7,11H2,1-2H3/q+1. The summed E-state index contributed by atoms with van der Waals surface area (Å²) in [5, 5.41) is 3.83. The number of hydrogen-bond donors (Lipinski definition) is 1. The predicted octanol–water partition coefficient (Wildman–Crippen LogP) is 2.08. The van der Waals surface area contributed by atoms with Crippen molar-refractivity contribution in [1.29, 1.82) is 0 Å². The maximum atomic E-state index is 5.44. The van der Waals surface area contributed by atoms with Crippen LogP contribution in [0, 0.1) is 0 Å². The van der Waals surface area contributed by atoms with Gasteiger partial charge in [0.25, 0.3) is 12.1 Å². The molecule has 0 aromatic carbocycles. The summed E-state index contributed by atoms with van der Waals surface area (Å²) in [5.41, 5.74) is 5.44. The van der Waals surface area contributed by atoms with Crippen molar-refractivity contribution in [2.45, 2.75) is 52.0 Å². The second-order valence-electron chi connectivity index (χ2n) is 3.78. The summed E-state index contributed by atoms with van der Waals surface area (Å²) < 4.78 is 6.60. The SMILES string of the molecule is CCCCCCC(C)[n+]1cc(N)on1. The van der Waals surface area contributed by atoms with Gasteiger partial charge in [0, 0.05) is 13.3 Å². The van der Waals surface area contributed by atoms with Crippen molar-refractivity contribution >= 4 is 5.88 Å². The third-order valence-corrected chi connectivity index (χ3v) is 2.43. The van der Waals surface area contributed by atoms with Crippen molar-refractivity contribution in [3.63, 3.8) is 0 Å². The Labute approximate surface area is 85.1 Å². The number of nitrogens with two attached hydrogens (primary N) is 1. The molecule has 0 radical (unpaired) electrons. The molecular weight excluding hydrogens is 178 g/mol. The van der Waals surface area contributed by atoms with Crippen LogP contribution in [0.25, 0.3) is 0 Å². The van der Waals surface area contributed by atoms with E-state index in [1.165, 1.54) is 25.7 Å². The highest BCUT2D eigenvalue weighted by molar-refractivity contribution is 5.11. The molecule has 0 amide bonds. The molecule has 0 spiro atoms. The quantitative estimate of drug-likeness (QED) is 0.562. The second kappa shape index (κ2) is 5.62. The first kappa shape index (κ1) is 11.0. The van der Waals surface area contributed by atoms with Gasteiger partial charge in [-0.15, -0.1) is 0 Å². The number of hydrogen-bond acceptors (Lipinski definition) is 3. The van der Waals surface area contributed by atoms with E-state index < -0.39 is 0 Å². The van der Waals surface area contributed by atoms with Gasteiger partial charge >= 0.3 is 0 Å². The van der Waals surface area contributed by atoms with Crippen molar-refractivity contribution in [1.82, 2.24) is 5.27 Å². The van der Waals surface area contributed by atoms with Crippen molar-refractivity contribution < 1.29 is 9.20 Å². The zero-order chi connectivity index (χ0) is 10.4. The first-order valence-electron chi connectivity index (χ1n) is 5.37. The Balaban J connectivity index is 2.25. The van der Waals surface area contributed by atoms with Crippen LogP contribution in [-0.4, -0.2) is 5.27 Å². The third kappa shape index (κ3) is 3.36. The van der Waals surface area contributed by atoms with Crippen LogP contribution in [0.2, 0.25) is 0 Å². The van der Waals surface area contributed by atoms with E-state index in [9.17, 15) is 0 Å². The fraction of sp³-hybridized carbons (Fsp3) is 0.800. The third-order valence-electron chi connectivity index (χ3n) is 2.43. The van der Waals surface area contributed by atoms with E-state index in [1.807, 2.05) is 0 Å². The average Bonchev–Trinajstić information content (AvgIpc) is 2.59. The molecule has 4 heteroatoms. The fourth-order valence-corrected chi connectivity index (χ4v) is 1.48. The Morgan fingerprint density at radius 3 is 2.86 bits per heavy atom. The fourth-order valence-electron chi connectivity index (χ4n) is 1.48. The van der Waals surface area contributed by atoms with E-state index in [0.29, 0.717) is 11.9 Å². The van der Waals surface area contributed by atoms with Crippen LogP contribution in [0.5, 0.6) is 0 Å². The summed E-state index contributed by atoms with van der Waals surface area (Å²) in [4.78, 5) is 0. The van der Waals surface area contributed by atoms with Gasteiger partial charge in [-0.05, 0) is 11.1 Å². The van der Waals surface area contributed by atoms with Gasteiger partial charge in [0.15, 0.2) is 6.04 Å². The molecule has 2 N–H and O–H groups in total. The molecule has 4 nitrogen and oxygen atoms in total. The number of aromatic nitrogens is 2. The molecule has 0 aliphatic rings. The first-order chi connectivity index (χ1) is 6.74. The molecule has 0 saturated carbocycles. The highest BCUT2D eigenvalue weighted by Gasteiger charge is 2.17. The van der Waals surface area contributed by atoms with E-state index in [4.69, 9.17) is 10.3 Å². The van der Waals surface area contributed by atoms with Crippen LogP contribution < -0.4 is 10.4 Å². The van der Waals surface area contributed by atoms with Crippen LogP contribution in [0.4, 0.5) is 5.88 Å². The summed E-state index contributed by atoms with van der Waals surface area (Å²) >= 11 is 0. The lowest BCUT2D eigenvalue weighted by Crippen LogP contribution is -2.38. The average molecular weight is 198 g/mol. The Bertz CT molecular complexity index is 260. The molecule has 1 atom stereocenters. The van der Waals surface area contributed by atoms with Crippen LogP contribution >= 0.6 is 0 Å². The Morgan fingerprint density at radius 1 is 1.50 bits per heavy atom. The molecule has 1 aromatic heterocycles. The zero-order valence-electron chi connectivity index (χ0n) is 9.07. The molecule has 0 aliphatic carbocycles. The smallest absolute Gasteiger partial charge is 0.293 e. The number of nitrogen functional groups attached to an aromatic ring is 1. The van der Waals surface area contributed by atoms with Crippen molar-refractivity contribution in [2.24, 2.45) is 0 Å². The second-order valence-corrected chi connectivity index (χ2v) is 3.78. The van der Waals surface area contributed by atoms with E-state index in [2.05, 4.69) is 19.1 Å². The Kier molecular flexibility index (Phi) is 4.43. The molecule has 80 valence electrons. The molecule has 0 saturated heterocycles. The van der Waals surface area contributed by atoms with Crippen molar-refractivity contribution in [2.75, 3.05) is 5.73 Å². The minimum Gasteiger partial charge on any atom is -0.362 e. The first-order valence-corrected chi connectivity index (χ1v) is 5.37. The number of nitrogens with zero attached hydrogens (tertiary/aromatic N) is 2. The monoisotopic (exact) mass is 198 g/mol. The van der Waals surface area contributed by atoms with E-state index >= 15 is 0 Å². The maximum absolute atomic E-state index is 5.44. The van der Waals surface area contributed by atoms with Gasteiger partial charge < -0.3 is 5.73 Å². The summed E-state index contributed by atoms with van der Waals surface area (Å²) in [6.45, 7) is 4.35. The lowest BCUT2D eigenvalue weighted by atomic mass is 10.1. The number of anilines is 1. The van der Waals surface area contributed by atoms with Crippen LogP contribution in [0.3, 0.4) is 0 Å². The molecule has 14 heavy (non-hydrogen) atoms. The summed E-state index contributed by atoms with van der Waals surface area (Å²) in [6, 6.07) is 0.382. The zero-order valence-corrected chi connectivity index (χ0v) is 9.07. The highest BCUT2D eigenvalue weighted by atomic mass is 16.5. The molecule has 1 aromatic rings. The van der Waals surface area contributed by atoms with Gasteiger partial charge in [0.05, 0.1) is 0 Å². The number of unbranched alkanes of at least 4 members (excludes halogenated alkanes) is 3. The van der Waals surface area contributed by atoms with Gasteiger partial charge in [0.1, 0.15) is 0 Å². The normalized spacial score (nSPS) is 13.0. The molecule has 0 fully saturated rings. The van der Waals surface area contributed by atoms with E-state index in [1.54, 1.807) is 10.9 Å². The predicted molar refractivity (Wildman–Crippen MR) is 54.6 cm³/mol. The lowest BCUT2D eigenvalue weighted by Gasteiger charge is -2.00. The molecular formula is C10H20N3O+. The minimum absolute atomic E-state index is 0.380. The van der Waals surface area contributed by atoms with Gasteiger partial charge in [-0.2, -0.15) is 0 Å². The van der Waals surface area contributed by atoms with Gasteiger partial charge in [0.2, 0.25) is 5.27 Å². The molecule has 0 aliphatic heterocycles. The highest BCUT2D eigenvalue weighted by Crippen LogP contribution is 2.10. The largest absolute Gasteiger partial charge is 0.362 e. The van der Waals surface area contributed by atoms with Crippen LogP contribution in [0.1, 0.15) is 52.0 Å².